The number of benzene rings is 3. The van der Waals surface area contributed by atoms with Crippen LogP contribution in [0.1, 0.15) is 27.0 Å². The predicted octanol–water partition coefficient (Wildman–Crippen LogP) is 5.43. The molecule has 0 spiro atoms. The highest BCUT2D eigenvalue weighted by Gasteiger charge is 2.31. The molecule has 200 valence electrons. The average molecular weight is 548 g/mol. The number of nitrogens with zero attached hydrogens (tertiary/aromatic N) is 5. The van der Waals surface area contributed by atoms with E-state index in [0.29, 0.717) is 49.1 Å². The monoisotopic (exact) mass is 547 g/mol. The molecule has 0 unspecified atom stereocenters. The Bertz CT molecular complexity index is 1570. The molecular formula is C32H29N5O2S. The van der Waals surface area contributed by atoms with Crippen LogP contribution in [0.3, 0.4) is 0 Å². The van der Waals surface area contributed by atoms with Crippen molar-refractivity contribution in [1.82, 2.24) is 14.9 Å². The van der Waals surface area contributed by atoms with Crippen LogP contribution in [-0.2, 0) is 11.3 Å². The van der Waals surface area contributed by atoms with Crippen LogP contribution < -0.4 is 9.80 Å². The van der Waals surface area contributed by atoms with E-state index < -0.39 is 0 Å². The normalized spacial score (nSPS) is 16.3. The number of hydrogen-bond donors (Lipinski definition) is 0. The molecule has 3 heterocycles. The lowest BCUT2D eigenvalue weighted by Crippen LogP contribution is -2.49. The van der Waals surface area contributed by atoms with Gasteiger partial charge in [0.05, 0.1) is 17.1 Å². The zero-order chi connectivity index (χ0) is 27.5. The molecule has 0 N–H and O–H groups in total. The summed E-state index contributed by atoms with van der Waals surface area (Å²) in [4.78, 5) is 43.5. The van der Waals surface area contributed by atoms with E-state index in [9.17, 15) is 9.59 Å². The second-order valence-electron chi connectivity index (χ2n) is 9.91. The third-order valence-electron chi connectivity index (χ3n) is 7.09. The lowest BCUT2D eigenvalue weighted by molar-refractivity contribution is -0.114. The number of anilines is 2. The second kappa shape index (κ2) is 11.4. The van der Waals surface area contributed by atoms with Crippen molar-refractivity contribution in [3.05, 3.63) is 118 Å². The predicted molar refractivity (Wildman–Crippen MR) is 159 cm³/mol. The molecule has 3 aromatic carbocycles. The minimum Gasteiger partial charge on any atom is -0.337 e. The number of fused-ring (bicyclic) bond motifs is 1. The van der Waals surface area contributed by atoms with Crippen LogP contribution in [0, 0.1) is 6.92 Å². The maximum atomic E-state index is 13.9. The third-order valence-corrected chi connectivity index (χ3v) is 8.17. The number of thioether (sulfide) groups is 1. The molecule has 0 atom stereocenters. The second-order valence-corrected chi connectivity index (χ2v) is 11.0. The van der Waals surface area contributed by atoms with Crippen LogP contribution in [0.25, 0.3) is 6.08 Å². The number of amides is 2. The lowest BCUT2D eigenvalue weighted by Gasteiger charge is -2.35. The Morgan fingerprint density at radius 2 is 1.68 bits per heavy atom. The maximum absolute atomic E-state index is 13.9. The summed E-state index contributed by atoms with van der Waals surface area (Å²) in [6, 6.07) is 25.6. The van der Waals surface area contributed by atoms with Gasteiger partial charge in [-0.15, -0.1) is 0 Å². The number of aryl methyl sites for hydroxylation is 1. The van der Waals surface area contributed by atoms with Crippen molar-refractivity contribution in [2.45, 2.75) is 18.4 Å². The first kappa shape index (κ1) is 25.8. The van der Waals surface area contributed by atoms with E-state index in [2.05, 4.69) is 20.9 Å². The quantitative estimate of drug-likeness (QED) is 0.311. The minimum absolute atomic E-state index is 0.0324. The topological polar surface area (TPSA) is 69.6 Å². The SMILES string of the molecule is Cc1cccc(CN2C(=O)C(=Cc3ccccc3)Sc3ccc(C(=O)N4CCN(c5ncccn5)CC4)cc32)c1. The fourth-order valence-electron chi connectivity index (χ4n) is 5.04. The van der Waals surface area contributed by atoms with Crippen LogP contribution in [-0.4, -0.2) is 52.9 Å². The molecule has 1 fully saturated rings. The van der Waals surface area contributed by atoms with Gasteiger partial charge in [0.25, 0.3) is 11.8 Å². The van der Waals surface area contributed by atoms with Crippen molar-refractivity contribution in [3.63, 3.8) is 0 Å². The molecule has 0 radical (unpaired) electrons. The van der Waals surface area contributed by atoms with Crippen LogP contribution in [0.2, 0.25) is 0 Å². The fourth-order valence-corrected chi connectivity index (χ4v) is 6.08. The van der Waals surface area contributed by atoms with E-state index in [1.165, 1.54) is 11.8 Å². The van der Waals surface area contributed by atoms with Gasteiger partial charge in [0, 0.05) is 49.0 Å². The zero-order valence-electron chi connectivity index (χ0n) is 22.2. The molecule has 2 aliphatic heterocycles. The van der Waals surface area contributed by atoms with Crippen molar-refractivity contribution in [3.8, 4) is 0 Å². The van der Waals surface area contributed by atoms with Gasteiger partial charge in [0.2, 0.25) is 5.95 Å². The number of aromatic nitrogens is 2. The number of carbonyl (C=O) groups is 2. The van der Waals surface area contributed by atoms with Crippen molar-refractivity contribution >= 4 is 41.3 Å². The molecule has 1 saturated heterocycles. The number of carbonyl (C=O) groups excluding carboxylic acids is 2. The molecule has 0 saturated carbocycles. The summed E-state index contributed by atoms with van der Waals surface area (Å²) in [5.41, 5.74) is 4.51. The Morgan fingerprint density at radius 3 is 2.42 bits per heavy atom. The Morgan fingerprint density at radius 1 is 0.900 bits per heavy atom. The van der Waals surface area contributed by atoms with Gasteiger partial charge in [0.1, 0.15) is 0 Å². The van der Waals surface area contributed by atoms with Gasteiger partial charge in [-0.2, -0.15) is 0 Å². The summed E-state index contributed by atoms with van der Waals surface area (Å²) >= 11 is 1.46. The fraction of sp³-hybridized carbons (Fsp3) is 0.188. The largest absolute Gasteiger partial charge is 0.337 e. The van der Waals surface area contributed by atoms with Crippen molar-refractivity contribution < 1.29 is 9.59 Å². The Labute approximate surface area is 238 Å². The molecule has 6 rings (SSSR count). The van der Waals surface area contributed by atoms with Gasteiger partial charge in [-0.05, 0) is 48.4 Å². The van der Waals surface area contributed by atoms with Crippen LogP contribution in [0.4, 0.5) is 11.6 Å². The average Bonchev–Trinajstić information content (AvgIpc) is 3.00. The number of hydrogen-bond acceptors (Lipinski definition) is 6. The van der Waals surface area contributed by atoms with E-state index in [4.69, 9.17) is 0 Å². The van der Waals surface area contributed by atoms with E-state index in [1.807, 2.05) is 84.6 Å². The first-order chi connectivity index (χ1) is 19.5. The van der Waals surface area contributed by atoms with Crippen molar-refractivity contribution in [2.24, 2.45) is 0 Å². The van der Waals surface area contributed by atoms with E-state index in [1.54, 1.807) is 23.4 Å². The summed E-state index contributed by atoms with van der Waals surface area (Å²) in [6.45, 7) is 4.97. The molecule has 0 aliphatic carbocycles. The number of piperazine rings is 1. The smallest absolute Gasteiger partial charge is 0.265 e. The van der Waals surface area contributed by atoms with Gasteiger partial charge in [-0.1, -0.05) is 71.9 Å². The van der Waals surface area contributed by atoms with Crippen molar-refractivity contribution in [1.29, 1.82) is 0 Å². The Kier molecular flexibility index (Phi) is 7.33. The molecule has 4 aromatic rings. The Balaban J connectivity index is 1.28. The summed E-state index contributed by atoms with van der Waals surface area (Å²) < 4.78 is 0. The highest BCUT2D eigenvalue weighted by molar-refractivity contribution is 8.04. The summed E-state index contributed by atoms with van der Waals surface area (Å²) in [6.07, 6.45) is 5.40. The zero-order valence-corrected chi connectivity index (χ0v) is 23.1. The van der Waals surface area contributed by atoms with E-state index in [0.717, 1.165) is 27.3 Å². The van der Waals surface area contributed by atoms with Gasteiger partial charge in [0.15, 0.2) is 0 Å². The van der Waals surface area contributed by atoms with Gasteiger partial charge < -0.3 is 14.7 Å². The van der Waals surface area contributed by atoms with E-state index >= 15 is 0 Å². The van der Waals surface area contributed by atoms with Crippen LogP contribution in [0.15, 0.2) is 101 Å². The minimum atomic E-state index is -0.0658. The molecular weight excluding hydrogens is 518 g/mol. The summed E-state index contributed by atoms with van der Waals surface area (Å²) in [5.74, 6) is 0.587. The molecule has 7 nitrogen and oxygen atoms in total. The third kappa shape index (κ3) is 5.49. The van der Waals surface area contributed by atoms with Crippen LogP contribution >= 0.6 is 11.8 Å². The molecule has 0 bridgehead atoms. The van der Waals surface area contributed by atoms with Crippen molar-refractivity contribution in [2.75, 3.05) is 36.0 Å². The highest BCUT2D eigenvalue weighted by Crippen LogP contribution is 2.43. The molecule has 2 amide bonds. The first-order valence-electron chi connectivity index (χ1n) is 13.3. The van der Waals surface area contributed by atoms with Crippen LogP contribution in [0.5, 0.6) is 0 Å². The molecule has 40 heavy (non-hydrogen) atoms. The van der Waals surface area contributed by atoms with E-state index in [-0.39, 0.29) is 11.8 Å². The molecule has 8 heteroatoms. The summed E-state index contributed by atoms with van der Waals surface area (Å²) in [5, 5.41) is 0. The van der Waals surface area contributed by atoms with Gasteiger partial charge in [-0.25, -0.2) is 9.97 Å². The first-order valence-corrected chi connectivity index (χ1v) is 14.1. The molecule has 2 aliphatic rings. The van der Waals surface area contributed by atoms with Gasteiger partial charge >= 0.3 is 0 Å². The molecule has 1 aromatic heterocycles. The summed E-state index contributed by atoms with van der Waals surface area (Å²) in [7, 11) is 0. The maximum Gasteiger partial charge on any atom is 0.265 e. The standard InChI is InChI=1S/C32H29N5O2S/c1-23-7-5-10-25(19-23)22-37-27-21-26(30(38)35-15-17-36(18-16-35)32-33-13-6-14-34-32)11-12-28(27)40-29(31(37)39)20-24-8-3-2-4-9-24/h2-14,19-21H,15-18,22H2,1H3. The number of rotatable bonds is 5. The Hall–Kier alpha value is -4.43. The lowest BCUT2D eigenvalue weighted by atomic mass is 10.1. The van der Waals surface area contributed by atoms with Gasteiger partial charge in [-0.3, -0.25) is 9.59 Å². The highest BCUT2D eigenvalue weighted by atomic mass is 32.2.